The fourth-order valence-corrected chi connectivity index (χ4v) is 7.51. The minimum atomic E-state index is -1.06. The number of rotatable bonds is 10. The van der Waals surface area contributed by atoms with Gasteiger partial charge in [0, 0.05) is 26.4 Å². The fraction of sp³-hybridized carbons (Fsp3) is 0.118. The molecule has 4 aromatic carbocycles. The van der Waals surface area contributed by atoms with Crippen LogP contribution in [-0.4, -0.2) is 34.1 Å². The molecule has 1 atom stereocenters. The molecular formula is C34H24Cl3N3O5S2. The molecule has 5 aromatic rings. The predicted molar refractivity (Wildman–Crippen MR) is 186 cm³/mol. The largest absolute Gasteiger partial charge is 0.507 e. The molecule has 2 heterocycles. The molecule has 0 bridgehead atoms. The number of thioether (sulfide) groups is 1. The zero-order valence-electron chi connectivity index (χ0n) is 24.5. The number of hydrogen-bond donors (Lipinski definition) is 1. The fourth-order valence-electron chi connectivity index (χ4n) is 4.95. The number of hydrogen-bond acceptors (Lipinski definition) is 9. The Morgan fingerprint density at radius 3 is 2.38 bits per heavy atom. The normalized spacial score (nSPS) is 15.7. The monoisotopic (exact) mass is 723 g/mol. The van der Waals surface area contributed by atoms with E-state index in [-0.39, 0.29) is 16.5 Å². The van der Waals surface area contributed by atoms with E-state index in [2.05, 4.69) is 10.2 Å². The highest BCUT2D eigenvalue weighted by Gasteiger charge is 2.48. The number of halogens is 3. The third kappa shape index (κ3) is 7.12. The highest BCUT2D eigenvalue weighted by molar-refractivity contribution is 8.00. The maximum absolute atomic E-state index is 13.7. The molecule has 8 nitrogen and oxygen atoms in total. The first-order valence-electron chi connectivity index (χ1n) is 14.1. The van der Waals surface area contributed by atoms with Crippen molar-refractivity contribution < 1.29 is 24.2 Å². The quantitative estimate of drug-likeness (QED) is 0.0501. The number of ketones is 1. The van der Waals surface area contributed by atoms with Gasteiger partial charge >= 0.3 is 5.91 Å². The number of carbonyl (C=O) groups is 2. The van der Waals surface area contributed by atoms with Crippen LogP contribution < -0.4 is 14.4 Å². The van der Waals surface area contributed by atoms with Gasteiger partial charge in [0.1, 0.15) is 12.4 Å². The average Bonchev–Trinajstić information content (AvgIpc) is 3.65. The van der Waals surface area contributed by atoms with Crippen molar-refractivity contribution >= 4 is 80.5 Å². The number of carbonyl (C=O) groups excluding carboxylic acids is 2. The first kappa shape index (κ1) is 32.9. The molecule has 0 radical (unpaired) electrons. The number of anilines is 1. The van der Waals surface area contributed by atoms with E-state index in [1.807, 2.05) is 36.4 Å². The Bertz CT molecular complexity index is 1990. The summed E-state index contributed by atoms with van der Waals surface area (Å²) in [5.74, 6) is -0.766. The van der Waals surface area contributed by atoms with Crippen LogP contribution >= 0.6 is 57.9 Å². The first-order chi connectivity index (χ1) is 22.7. The number of methoxy groups -OCH3 is 1. The Balaban J connectivity index is 1.37. The maximum Gasteiger partial charge on any atom is 0.301 e. The highest BCUT2D eigenvalue weighted by Crippen LogP contribution is 2.46. The molecule has 1 aliphatic heterocycles. The van der Waals surface area contributed by atoms with E-state index in [4.69, 9.17) is 44.3 Å². The zero-order valence-corrected chi connectivity index (χ0v) is 28.4. The molecule has 1 fully saturated rings. The van der Waals surface area contributed by atoms with E-state index < -0.39 is 17.7 Å². The lowest BCUT2D eigenvalue weighted by Gasteiger charge is -2.23. The van der Waals surface area contributed by atoms with Crippen LogP contribution in [0.15, 0.2) is 101 Å². The van der Waals surface area contributed by atoms with Crippen LogP contribution in [-0.2, 0) is 21.9 Å². The number of aromatic nitrogens is 2. The first-order valence-corrected chi connectivity index (χ1v) is 17.0. The van der Waals surface area contributed by atoms with Gasteiger partial charge < -0.3 is 14.6 Å². The minimum Gasteiger partial charge on any atom is -0.507 e. The second-order valence-electron chi connectivity index (χ2n) is 10.2. The Hall–Kier alpha value is -4.06. The molecule has 238 valence electrons. The number of amides is 1. The summed E-state index contributed by atoms with van der Waals surface area (Å²) in [5.41, 5.74) is 2.51. The molecule has 0 saturated carbocycles. The van der Waals surface area contributed by atoms with Crippen molar-refractivity contribution in [1.29, 1.82) is 0 Å². The van der Waals surface area contributed by atoms with Crippen molar-refractivity contribution in [3.05, 3.63) is 134 Å². The van der Waals surface area contributed by atoms with Gasteiger partial charge in [0.25, 0.3) is 5.78 Å². The summed E-state index contributed by atoms with van der Waals surface area (Å²) in [4.78, 5) is 28.6. The van der Waals surface area contributed by atoms with Crippen molar-refractivity contribution in [3.63, 3.8) is 0 Å². The number of ether oxygens (including phenoxy) is 2. The van der Waals surface area contributed by atoms with Crippen molar-refractivity contribution in [3.8, 4) is 11.5 Å². The van der Waals surface area contributed by atoms with Gasteiger partial charge in [-0.2, -0.15) is 0 Å². The summed E-state index contributed by atoms with van der Waals surface area (Å²) >= 11 is 21.0. The maximum atomic E-state index is 13.7. The smallest absolute Gasteiger partial charge is 0.301 e. The molecule has 1 aromatic heterocycles. The third-order valence-electron chi connectivity index (χ3n) is 7.27. The van der Waals surface area contributed by atoms with E-state index in [1.54, 1.807) is 54.6 Å². The second kappa shape index (κ2) is 14.4. The van der Waals surface area contributed by atoms with Crippen molar-refractivity contribution in [2.75, 3.05) is 12.0 Å². The summed E-state index contributed by atoms with van der Waals surface area (Å²) in [6.07, 6.45) is 0. The zero-order chi connectivity index (χ0) is 33.1. The lowest BCUT2D eigenvalue weighted by molar-refractivity contribution is -0.132. The van der Waals surface area contributed by atoms with Gasteiger partial charge in [-0.3, -0.25) is 14.5 Å². The van der Waals surface area contributed by atoms with Crippen LogP contribution in [0.2, 0.25) is 15.1 Å². The highest BCUT2D eigenvalue weighted by atomic mass is 35.5. The molecule has 13 heteroatoms. The van der Waals surface area contributed by atoms with Gasteiger partial charge in [-0.05, 0) is 65.2 Å². The van der Waals surface area contributed by atoms with E-state index in [0.717, 1.165) is 22.5 Å². The van der Waals surface area contributed by atoms with E-state index in [1.165, 1.54) is 23.8 Å². The van der Waals surface area contributed by atoms with Gasteiger partial charge in [-0.25, -0.2) is 0 Å². The SMILES string of the molecule is COc1cc(C2/C(=C(/O)c3ccc(Cl)cc3)C(=O)C(=O)N2c2nnc(SCc3ccc(Cl)cc3Cl)s2)ccc1OCc1ccccc1. The lowest BCUT2D eigenvalue weighted by atomic mass is 9.95. The van der Waals surface area contributed by atoms with Crippen LogP contribution in [0.5, 0.6) is 11.5 Å². The molecule has 1 unspecified atom stereocenters. The van der Waals surface area contributed by atoms with E-state index in [9.17, 15) is 14.7 Å². The predicted octanol–water partition coefficient (Wildman–Crippen LogP) is 9.00. The molecule has 1 saturated heterocycles. The molecule has 47 heavy (non-hydrogen) atoms. The third-order valence-corrected chi connectivity index (χ3v) is 10.2. The summed E-state index contributed by atoms with van der Waals surface area (Å²) in [7, 11) is 1.50. The number of nitrogens with zero attached hydrogens (tertiary/aromatic N) is 3. The standard InChI is InChI=1S/C34H24Cl3N3O5S2/c1-44-27-15-21(10-14-26(27)45-17-19-5-3-2-4-6-19)29-28(30(41)20-7-11-23(35)12-8-20)31(42)32(43)40(29)33-38-39-34(47-33)46-18-22-9-13-24(36)16-25(22)37/h2-16,29,41H,17-18H2,1H3/b30-28-. The topological polar surface area (TPSA) is 102 Å². The number of aliphatic hydroxyl groups is 1. The van der Waals surface area contributed by atoms with Gasteiger partial charge in [-0.15, -0.1) is 10.2 Å². The van der Waals surface area contributed by atoms with Gasteiger partial charge in [-0.1, -0.05) is 100 Å². The molecule has 0 spiro atoms. The van der Waals surface area contributed by atoms with Crippen molar-refractivity contribution in [2.45, 2.75) is 22.7 Å². The summed E-state index contributed by atoms with van der Waals surface area (Å²) < 4.78 is 12.2. The van der Waals surface area contributed by atoms with Crippen LogP contribution in [0, 0.1) is 0 Å². The number of Topliss-reactive ketones (excluding diaryl/α,β-unsaturated/α-hetero) is 1. The molecule has 1 N–H and O–H groups in total. The summed E-state index contributed by atoms with van der Waals surface area (Å²) in [6.45, 7) is 0.304. The Kier molecular flexibility index (Phi) is 10.0. The molecule has 1 aliphatic rings. The minimum absolute atomic E-state index is 0.116. The molecule has 6 rings (SSSR count). The van der Waals surface area contributed by atoms with Crippen LogP contribution in [0.1, 0.15) is 28.3 Å². The molecule has 0 aliphatic carbocycles. The summed E-state index contributed by atoms with van der Waals surface area (Å²) in [5, 5.41) is 21.7. The Morgan fingerprint density at radius 1 is 0.915 bits per heavy atom. The van der Waals surface area contributed by atoms with Gasteiger partial charge in [0.05, 0.1) is 18.7 Å². The Labute approximate surface area is 293 Å². The second-order valence-corrected chi connectivity index (χ2v) is 13.7. The van der Waals surface area contributed by atoms with E-state index >= 15 is 0 Å². The Morgan fingerprint density at radius 2 is 1.66 bits per heavy atom. The van der Waals surface area contributed by atoms with Crippen molar-refractivity contribution in [2.24, 2.45) is 0 Å². The number of aliphatic hydroxyl groups excluding tert-OH is 1. The van der Waals surface area contributed by atoms with Crippen LogP contribution in [0.25, 0.3) is 5.76 Å². The van der Waals surface area contributed by atoms with Crippen LogP contribution in [0.4, 0.5) is 5.13 Å². The summed E-state index contributed by atoms with van der Waals surface area (Å²) in [6, 6.07) is 25.3. The number of benzene rings is 4. The lowest BCUT2D eigenvalue weighted by Crippen LogP contribution is -2.29. The van der Waals surface area contributed by atoms with Crippen molar-refractivity contribution in [1.82, 2.24) is 10.2 Å². The molecular weight excluding hydrogens is 701 g/mol. The van der Waals surface area contributed by atoms with Crippen LogP contribution in [0.3, 0.4) is 0 Å². The van der Waals surface area contributed by atoms with Gasteiger partial charge in [0.2, 0.25) is 5.13 Å². The van der Waals surface area contributed by atoms with Gasteiger partial charge in [0.15, 0.2) is 15.8 Å². The average molecular weight is 725 g/mol. The molecule has 1 amide bonds. The van der Waals surface area contributed by atoms with E-state index in [0.29, 0.717) is 54.4 Å².